The number of hydrogen-bond acceptors (Lipinski definition) is 2. The lowest BCUT2D eigenvalue weighted by atomic mass is 9.91. The van der Waals surface area contributed by atoms with Crippen molar-refractivity contribution < 1.29 is 14.7 Å². The Kier molecular flexibility index (Phi) is 3.93. The predicted octanol–water partition coefficient (Wildman–Crippen LogP) is 1.86. The molecule has 0 aliphatic heterocycles. The number of carbonyl (C=O) groups excluding carboxylic acids is 1. The van der Waals surface area contributed by atoms with Gasteiger partial charge in [-0.15, -0.1) is 0 Å². The molecule has 74 valence electrons. The van der Waals surface area contributed by atoms with Crippen LogP contribution in [0.1, 0.15) is 38.5 Å². The van der Waals surface area contributed by atoms with Crippen molar-refractivity contribution in [2.24, 2.45) is 11.8 Å². The highest BCUT2D eigenvalue weighted by atomic mass is 16.4. The van der Waals surface area contributed by atoms with E-state index in [9.17, 15) is 9.59 Å². The normalized spacial score (nSPS) is 20.0. The Morgan fingerprint density at radius 3 is 2.54 bits per heavy atom. The number of hydrogen-bond donors (Lipinski definition) is 1. The number of rotatable bonds is 5. The fourth-order valence-corrected chi connectivity index (χ4v) is 2.06. The Hall–Kier alpha value is -0.860. The molecule has 1 fully saturated rings. The molecule has 0 heterocycles. The summed E-state index contributed by atoms with van der Waals surface area (Å²) in [7, 11) is 0. The molecular formula is C10H16O3. The molecule has 0 amide bonds. The zero-order valence-electron chi connectivity index (χ0n) is 7.74. The summed E-state index contributed by atoms with van der Waals surface area (Å²) in [6.45, 7) is 0. The minimum atomic E-state index is -0.820. The molecule has 1 aliphatic rings. The largest absolute Gasteiger partial charge is 0.481 e. The van der Waals surface area contributed by atoms with Crippen LogP contribution in [0.5, 0.6) is 0 Å². The molecule has 0 saturated heterocycles. The third-order valence-electron chi connectivity index (χ3n) is 2.82. The molecule has 0 radical (unpaired) electrons. The molecule has 0 bridgehead atoms. The minimum Gasteiger partial charge on any atom is -0.481 e. The lowest BCUT2D eigenvalue weighted by molar-refractivity contribution is -0.143. The van der Waals surface area contributed by atoms with Gasteiger partial charge >= 0.3 is 5.97 Å². The van der Waals surface area contributed by atoms with Gasteiger partial charge in [-0.25, -0.2) is 0 Å². The third kappa shape index (κ3) is 3.17. The summed E-state index contributed by atoms with van der Waals surface area (Å²) < 4.78 is 0. The number of carboxylic acid groups (broad SMARTS) is 1. The van der Waals surface area contributed by atoms with E-state index < -0.39 is 11.9 Å². The van der Waals surface area contributed by atoms with Crippen molar-refractivity contribution in [2.75, 3.05) is 0 Å². The van der Waals surface area contributed by atoms with E-state index in [0.29, 0.717) is 18.6 Å². The van der Waals surface area contributed by atoms with Gasteiger partial charge in [-0.3, -0.25) is 4.79 Å². The van der Waals surface area contributed by atoms with Crippen LogP contribution in [0.3, 0.4) is 0 Å². The van der Waals surface area contributed by atoms with Crippen LogP contribution in [-0.2, 0) is 9.59 Å². The van der Waals surface area contributed by atoms with Crippen molar-refractivity contribution in [3.8, 4) is 0 Å². The molecule has 1 saturated carbocycles. The minimum absolute atomic E-state index is 0.172. The Balaban J connectivity index is 2.36. The molecule has 1 unspecified atom stereocenters. The summed E-state index contributed by atoms with van der Waals surface area (Å²) in [5, 5.41) is 8.81. The van der Waals surface area contributed by atoms with Gasteiger partial charge in [0.2, 0.25) is 0 Å². The van der Waals surface area contributed by atoms with Crippen LogP contribution in [0.2, 0.25) is 0 Å². The van der Waals surface area contributed by atoms with E-state index in [-0.39, 0.29) is 6.42 Å². The topological polar surface area (TPSA) is 54.4 Å². The molecule has 1 N–H and O–H groups in total. The van der Waals surface area contributed by atoms with Gasteiger partial charge in [0, 0.05) is 6.42 Å². The molecule has 1 aliphatic carbocycles. The van der Waals surface area contributed by atoms with Crippen LogP contribution < -0.4 is 0 Å². The summed E-state index contributed by atoms with van der Waals surface area (Å²) in [5.41, 5.74) is 0. The van der Waals surface area contributed by atoms with Gasteiger partial charge in [-0.2, -0.15) is 0 Å². The van der Waals surface area contributed by atoms with Crippen molar-refractivity contribution in [2.45, 2.75) is 38.5 Å². The first kappa shape index (κ1) is 10.2. The maximum absolute atomic E-state index is 10.7. The van der Waals surface area contributed by atoms with E-state index in [1.54, 1.807) is 0 Å². The fourth-order valence-electron chi connectivity index (χ4n) is 2.06. The van der Waals surface area contributed by atoms with E-state index in [2.05, 4.69) is 0 Å². The van der Waals surface area contributed by atoms with Gasteiger partial charge in [0.25, 0.3) is 0 Å². The van der Waals surface area contributed by atoms with Crippen molar-refractivity contribution in [1.29, 1.82) is 0 Å². The molecule has 0 spiro atoms. The van der Waals surface area contributed by atoms with Gasteiger partial charge in [-0.05, 0) is 12.3 Å². The lowest BCUT2D eigenvalue weighted by Gasteiger charge is -2.13. The average molecular weight is 184 g/mol. The summed E-state index contributed by atoms with van der Waals surface area (Å²) in [5.74, 6) is -0.722. The maximum atomic E-state index is 10.7. The summed E-state index contributed by atoms with van der Waals surface area (Å²) in [6, 6.07) is 0. The highest BCUT2D eigenvalue weighted by Gasteiger charge is 2.24. The summed E-state index contributed by atoms with van der Waals surface area (Å²) >= 11 is 0. The predicted molar refractivity (Wildman–Crippen MR) is 48.4 cm³/mol. The van der Waals surface area contributed by atoms with E-state index in [1.807, 2.05) is 0 Å². The van der Waals surface area contributed by atoms with E-state index in [1.165, 1.54) is 12.8 Å². The Bertz CT molecular complexity index is 183. The van der Waals surface area contributed by atoms with E-state index >= 15 is 0 Å². The quantitative estimate of drug-likeness (QED) is 0.663. The fraction of sp³-hybridized carbons (Fsp3) is 0.800. The van der Waals surface area contributed by atoms with Gasteiger partial charge < -0.3 is 9.90 Å². The monoisotopic (exact) mass is 184 g/mol. The second kappa shape index (κ2) is 5.00. The van der Waals surface area contributed by atoms with Gasteiger partial charge in [0.15, 0.2) is 0 Å². The SMILES string of the molecule is O=CCC(CC1CCCC1)C(=O)O. The third-order valence-corrected chi connectivity index (χ3v) is 2.82. The number of carbonyl (C=O) groups is 2. The van der Waals surface area contributed by atoms with Crippen molar-refractivity contribution in [3.63, 3.8) is 0 Å². The van der Waals surface area contributed by atoms with Crippen LogP contribution in [0, 0.1) is 11.8 Å². The van der Waals surface area contributed by atoms with Gasteiger partial charge in [0.05, 0.1) is 5.92 Å². The summed E-state index contributed by atoms with van der Waals surface area (Å²) in [4.78, 5) is 20.9. The highest BCUT2D eigenvalue weighted by Crippen LogP contribution is 2.31. The average Bonchev–Trinajstić information content (AvgIpc) is 2.56. The first-order valence-electron chi connectivity index (χ1n) is 4.90. The number of aliphatic carboxylic acids is 1. The molecule has 13 heavy (non-hydrogen) atoms. The molecule has 1 rings (SSSR count). The zero-order chi connectivity index (χ0) is 9.68. The maximum Gasteiger partial charge on any atom is 0.306 e. The second-order valence-electron chi connectivity index (χ2n) is 3.82. The van der Waals surface area contributed by atoms with Gasteiger partial charge in [0.1, 0.15) is 6.29 Å². The second-order valence-corrected chi connectivity index (χ2v) is 3.82. The van der Waals surface area contributed by atoms with Crippen LogP contribution in [0.15, 0.2) is 0 Å². The molecule has 3 heteroatoms. The van der Waals surface area contributed by atoms with Crippen molar-refractivity contribution >= 4 is 12.3 Å². The van der Waals surface area contributed by atoms with Crippen LogP contribution >= 0.6 is 0 Å². The molecule has 0 aromatic heterocycles. The highest BCUT2D eigenvalue weighted by molar-refractivity contribution is 5.73. The van der Waals surface area contributed by atoms with Crippen LogP contribution in [0.25, 0.3) is 0 Å². The molecule has 3 nitrogen and oxygen atoms in total. The summed E-state index contributed by atoms with van der Waals surface area (Å²) in [6.07, 6.45) is 6.30. The first-order chi connectivity index (χ1) is 6.24. The zero-order valence-corrected chi connectivity index (χ0v) is 7.74. The molecular weight excluding hydrogens is 168 g/mol. The number of carboxylic acids is 1. The van der Waals surface area contributed by atoms with Crippen molar-refractivity contribution in [1.82, 2.24) is 0 Å². The Morgan fingerprint density at radius 1 is 1.46 bits per heavy atom. The Labute approximate surface area is 78.1 Å². The van der Waals surface area contributed by atoms with Crippen LogP contribution in [0.4, 0.5) is 0 Å². The Morgan fingerprint density at radius 2 is 2.08 bits per heavy atom. The molecule has 0 aromatic carbocycles. The standard InChI is InChI=1S/C10H16O3/c11-6-5-9(10(12)13)7-8-3-1-2-4-8/h6,8-9H,1-5,7H2,(H,12,13). The lowest BCUT2D eigenvalue weighted by Crippen LogP contribution is -2.17. The molecule has 1 atom stereocenters. The smallest absolute Gasteiger partial charge is 0.306 e. The number of aldehydes is 1. The van der Waals surface area contributed by atoms with E-state index in [0.717, 1.165) is 12.8 Å². The molecule has 0 aromatic rings. The first-order valence-corrected chi connectivity index (χ1v) is 4.90. The van der Waals surface area contributed by atoms with E-state index in [4.69, 9.17) is 5.11 Å². The van der Waals surface area contributed by atoms with Crippen molar-refractivity contribution in [3.05, 3.63) is 0 Å². The van der Waals surface area contributed by atoms with Gasteiger partial charge in [-0.1, -0.05) is 25.7 Å². The van der Waals surface area contributed by atoms with Crippen LogP contribution in [-0.4, -0.2) is 17.4 Å².